The molecule has 0 aliphatic carbocycles. The van der Waals surface area contributed by atoms with Gasteiger partial charge in [0.25, 0.3) is 0 Å². The van der Waals surface area contributed by atoms with Crippen molar-refractivity contribution in [2.75, 3.05) is 25.5 Å². The lowest BCUT2D eigenvalue weighted by atomic mass is 10.1. The summed E-state index contributed by atoms with van der Waals surface area (Å²) < 4.78 is 2.19. The van der Waals surface area contributed by atoms with E-state index < -0.39 is 0 Å². The largest absolute Gasteiger partial charge is 0.378 e. The predicted octanol–water partition coefficient (Wildman–Crippen LogP) is 4.02. The van der Waals surface area contributed by atoms with Gasteiger partial charge in [0.15, 0.2) is 0 Å². The molecule has 4 heteroatoms. The van der Waals surface area contributed by atoms with E-state index >= 15 is 0 Å². The Balaban J connectivity index is 1.50. The molecule has 4 nitrogen and oxygen atoms in total. The fourth-order valence-electron chi connectivity index (χ4n) is 3.57. The van der Waals surface area contributed by atoms with Crippen LogP contribution < -0.4 is 4.90 Å². The quantitative estimate of drug-likeness (QED) is 0.713. The fraction of sp³-hybridized carbons (Fsp3) is 0.318. The highest BCUT2D eigenvalue weighted by molar-refractivity contribution is 5.59. The number of aromatic nitrogens is 2. The Hall–Kier alpha value is -2.59. The zero-order chi connectivity index (χ0) is 17.9. The molecule has 0 atom stereocenters. The molecule has 3 aromatic rings. The summed E-state index contributed by atoms with van der Waals surface area (Å²) >= 11 is 0. The van der Waals surface area contributed by atoms with Crippen LogP contribution in [-0.2, 0) is 19.6 Å². The Morgan fingerprint density at radius 1 is 0.962 bits per heavy atom. The highest BCUT2D eigenvalue weighted by Gasteiger charge is 2.17. The molecule has 4 rings (SSSR count). The first-order valence-corrected chi connectivity index (χ1v) is 9.30. The van der Waals surface area contributed by atoms with Crippen LogP contribution in [0.1, 0.15) is 17.7 Å². The molecule has 0 fully saturated rings. The second-order valence-corrected chi connectivity index (χ2v) is 7.24. The third-order valence-electron chi connectivity index (χ3n) is 5.02. The molecule has 0 bridgehead atoms. The summed E-state index contributed by atoms with van der Waals surface area (Å²) in [5.74, 6) is 0. The van der Waals surface area contributed by atoms with E-state index in [1.165, 1.54) is 22.5 Å². The van der Waals surface area contributed by atoms with Gasteiger partial charge in [-0.15, -0.1) is 0 Å². The van der Waals surface area contributed by atoms with Crippen molar-refractivity contribution in [3.63, 3.8) is 0 Å². The molecular formula is C22H26N4. The minimum Gasteiger partial charge on any atom is -0.378 e. The number of fused-ring (bicyclic) bond motifs is 1. The number of benzene rings is 2. The number of rotatable bonds is 4. The molecule has 0 N–H and O–H groups in total. The van der Waals surface area contributed by atoms with Gasteiger partial charge in [-0.1, -0.05) is 42.5 Å². The van der Waals surface area contributed by atoms with E-state index in [2.05, 4.69) is 83.2 Å². The molecule has 0 saturated heterocycles. The molecule has 134 valence electrons. The summed E-state index contributed by atoms with van der Waals surface area (Å²) in [5, 5.41) is 4.84. The van der Waals surface area contributed by atoms with E-state index in [-0.39, 0.29) is 0 Å². The number of nitrogens with zero attached hydrogens (tertiary/aromatic N) is 4. The predicted molar refractivity (Wildman–Crippen MR) is 107 cm³/mol. The molecule has 2 aromatic carbocycles. The van der Waals surface area contributed by atoms with Gasteiger partial charge >= 0.3 is 0 Å². The van der Waals surface area contributed by atoms with Crippen molar-refractivity contribution in [1.82, 2.24) is 14.7 Å². The lowest BCUT2D eigenvalue weighted by molar-refractivity contribution is 0.261. The molecule has 0 saturated carbocycles. The molecule has 1 aromatic heterocycles. The maximum atomic E-state index is 4.84. The Kier molecular flexibility index (Phi) is 4.76. The fourth-order valence-corrected chi connectivity index (χ4v) is 3.57. The third-order valence-corrected chi connectivity index (χ3v) is 5.02. The van der Waals surface area contributed by atoms with Gasteiger partial charge in [0.05, 0.1) is 11.4 Å². The molecule has 2 heterocycles. The normalized spacial score (nSPS) is 14.7. The van der Waals surface area contributed by atoms with Crippen LogP contribution in [0.4, 0.5) is 5.69 Å². The van der Waals surface area contributed by atoms with Gasteiger partial charge in [-0.2, -0.15) is 5.10 Å². The Morgan fingerprint density at radius 2 is 1.73 bits per heavy atom. The van der Waals surface area contributed by atoms with Gasteiger partial charge in [0, 0.05) is 51.5 Å². The smallest absolute Gasteiger partial charge is 0.0926 e. The van der Waals surface area contributed by atoms with Gasteiger partial charge in [0.2, 0.25) is 0 Å². The van der Waals surface area contributed by atoms with E-state index in [0.29, 0.717) is 0 Å². The number of anilines is 1. The van der Waals surface area contributed by atoms with Gasteiger partial charge < -0.3 is 4.90 Å². The van der Waals surface area contributed by atoms with Crippen LogP contribution in [0.15, 0.2) is 60.7 Å². The first-order valence-electron chi connectivity index (χ1n) is 9.30. The van der Waals surface area contributed by atoms with Crippen molar-refractivity contribution in [2.45, 2.75) is 26.1 Å². The summed E-state index contributed by atoms with van der Waals surface area (Å²) in [4.78, 5) is 4.67. The summed E-state index contributed by atoms with van der Waals surface area (Å²) in [6.07, 6.45) is 1.14. The maximum absolute atomic E-state index is 4.84. The lowest BCUT2D eigenvalue weighted by Gasteiger charge is -2.20. The Labute approximate surface area is 155 Å². The number of hydrogen-bond donors (Lipinski definition) is 0. The molecule has 0 unspecified atom stereocenters. The number of hydrogen-bond acceptors (Lipinski definition) is 3. The van der Waals surface area contributed by atoms with Gasteiger partial charge in [-0.3, -0.25) is 9.58 Å². The van der Waals surface area contributed by atoms with E-state index in [4.69, 9.17) is 5.10 Å². The summed E-state index contributed by atoms with van der Waals surface area (Å²) in [6, 6.07) is 21.6. The Morgan fingerprint density at radius 3 is 2.46 bits per heavy atom. The zero-order valence-electron chi connectivity index (χ0n) is 15.6. The minimum atomic E-state index is 0.954. The van der Waals surface area contributed by atoms with Crippen LogP contribution in [0.2, 0.25) is 0 Å². The molecular weight excluding hydrogens is 320 g/mol. The van der Waals surface area contributed by atoms with Crippen molar-refractivity contribution in [3.05, 3.63) is 71.9 Å². The standard InChI is InChI=1S/C22H26N4/c1-24(2)20-11-9-18(10-12-20)16-25-13-6-14-26-21(17-25)15-22(23-26)19-7-4-3-5-8-19/h3-5,7-12,15H,6,13-14,16-17H2,1-2H3. The van der Waals surface area contributed by atoms with Gasteiger partial charge in [-0.25, -0.2) is 0 Å². The van der Waals surface area contributed by atoms with E-state index in [9.17, 15) is 0 Å². The molecule has 1 aliphatic heterocycles. The second kappa shape index (κ2) is 7.34. The average Bonchev–Trinajstić information content (AvgIpc) is 2.96. The van der Waals surface area contributed by atoms with Crippen LogP contribution in [0.5, 0.6) is 0 Å². The molecule has 1 aliphatic rings. The zero-order valence-corrected chi connectivity index (χ0v) is 15.6. The summed E-state index contributed by atoms with van der Waals surface area (Å²) in [5.41, 5.74) is 6.20. The highest BCUT2D eigenvalue weighted by Crippen LogP contribution is 2.23. The third kappa shape index (κ3) is 3.65. The van der Waals surface area contributed by atoms with Crippen molar-refractivity contribution in [2.24, 2.45) is 0 Å². The van der Waals surface area contributed by atoms with Crippen LogP contribution in [-0.4, -0.2) is 35.3 Å². The summed E-state index contributed by atoms with van der Waals surface area (Å²) in [7, 11) is 4.16. The van der Waals surface area contributed by atoms with E-state index in [0.717, 1.165) is 38.3 Å². The monoisotopic (exact) mass is 346 g/mol. The van der Waals surface area contributed by atoms with Crippen LogP contribution >= 0.6 is 0 Å². The van der Waals surface area contributed by atoms with E-state index in [1.54, 1.807) is 0 Å². The summed E-state index contributed by atoms with van der Waals surface area (Å²) in [6.45, 7) is 4.05. The van der Waals surface area contributed by atoms with Crippen molar-refractivity contribution >= 4 is 5.69 Å². The first-order chi connectivity index (χ1) is 12.7. The minimum absolute atomic E-state index is 0.954. The molecule has 0 spiro atoms. The van der Waals surface area contributed by atoms with Crippen LogP contribution in [0.3, 0.4) is 0 Å². The van der Waals surface area contributed by atoms with Crippen LogP contribution in [0.25, 0.3) is 11.3 Å². The first kappa shape index (κ1) is 16.9. The average molecular weight is 346 g/mol. The molecule has 26 heavy (non-hydrogen) atoms. The van der Waals surface area contributed by atoms with E-state index in [1.807, 2.05) is 6.07 Å². The van der Waals surface area contributed by atoms with Crippen molar-refractivity contribution in [3.8, 4) is 11.3 Å². The van der Waals surface area contributed by atoms with Gasteiger partial charge in [-0.05, 0) is 30.2 Å². The number of aryl methyl sites for hydroxylation is 1. The van der Waals surface area contributed by atoms with Crippen molar-refractivity contribution in [1.29, 1.82) is 0 Å². The SMILES string of the molecule is CN(C)c1ccc(CN2CCCn3nc(-c4ccccc4)cc3C2)cc1. The molecule has 0 amide bonds. The topological polar surface area (TPSA) is 24.3 Å². The Bertz CT molecular complexity index is 850. The van der Waals surface area contributed by atoms with Crippen LogP contribution in [0, 0.1) is 0 Å². The highest BCUT2D eigenvalue weighted by atomic mass is 15.3. The second-order valence-electron chi connectivity index (χ2n) is 7.24. The van der Waals surface area contributed by atoms with Crippen molar-refractivity contribution < 1.29 is 0 Å². The maximum Gasteiger partial charge on any atom is 0.0926 e. The molecule has 0 radical (unpaired) electrons. The van der Waals surface area contributed by atoms with Gasteiger partial charge in [0.1, 0.15) is 0 Å². The lowest BCUT2D eigenvalue weighted by Crippen LogP contribution is -2.22.